The van der Waals surface area contributed by atoms with Gasteiger partial charge >= 0.3 is 0 Å². The summed E-state index contributed by atoms with van der Waals surface area (Å²) >= 11 is 3.05. The number of rotatable bonds is 5. The van der Waals surface area contributed by atoms with Gasteiger partial charge in [-0.1, -0.05) is 6.92 Å². The van der Waals surface area contributed by atoms with Gasteiger partial charge in [-0.2, -0.15) is 0 Å². The maximum Gasteiger partial charge on any atom is 0.239 e. The summed E-state index contributed by atoms with van der Waals surface area (Å²) in [5.74, 6) is -1.66. The summed E-state index contributed by atoms with van der Waals surface area (Å²) in [6.07, 6.45) is 0.785. The normalized spacial score (nSPS) is 11.3. The van der Waals surface area contributed by atoms with E-state index < -0.39 is 11.6 Å². The lowest BCUT2D eigenvalue weighted by Gasteiger charge is -2.24. The summed E-state index contributed by atoms with van der Waals surface area (Å²) in [6.45, 7) is 5.69. The van der Waals surface area contributed by atoms with E-state index in [2.05, 4.69) is 26.6 Å². The molecule has 0 bridgehead atoms. The van der Waals surface area contributed by atoms with Gasteiger partial charge in [0.2, 0.25) is 5.91 Å². The lowest BCUT2D eigenvalue weighted by molar-refractivity contribution is -0.121. The van der Waals surface area contributed by atoms with Gasteiger partial charge in [-0.25, -0.2) is 8.78 Å². The minimum absolute atomic E-state index is 0.0749. The minimum Gasteiger partial charge on any atom is -0.373 e. The van der Waals surface area contributed by atoms with Crippen LogP contribution in [0.4, 0.5) is 14.5 Å². The number of carbonyl (C=O) groups excluding carboxylic acids is 1. The van der Waals surface area contributed by atoms with Crippen molar-refractivity contribution in [2.75, 3.05) is 11.9 Å². The van der Waals surface area contributed by atoms with Crippen LogP contribution in [0, 0.1) is 11.6 Å². The molecule has 0 heterocycles. The molecule has 19 heavy (non-hydrogen) atoms. The highest BCUT2D eigenvalue weighted by atomic mass is 79.9. The zero-order chi connectivity index (χ0) is 14.6. The smallest absolute Gasteiger partial charge is 0.239 e. The highest BCUT2D eigenvalue weighted by Gasteiger charge is 2.18. The minimum atomic E-state index is -0.741. The molecular formula is C13H17BrF2N2O. The average molecular weight is 335 g/mol. The zero-order valence-electron chi connectivity index (χ0n) is 11.1. The van der Waals surface area contributed by atoms with Gasteiger partial charge in [0.15, 0.2) is 0 Å². The third-order valence-electron chi connectivity index (χ3n) is 2.79. The van der Waals surface area contributed by atoms with Crippen molar-refractivity contribution in [1.29, 1.82) is 0 Å². The van der Waals surface area contributed by atoms with Crippen molar-refractivity contribution in [3.8, 4) is 0 Å². The van der Waals surface area contributed by atoms with Gasteiger partial charge < -0.3 is 10.6 Å². The van der Waals surface area contributed by atoms with Crippen molar-refractivity contribution in [1.82, 2.24) is 5.32 Å². The number of benzene rings is 1. The lowest BCUT2D eigenvalue weighted by Crippen LogP contribution is -2.45. The number of carbonyl (C=O) groups is 1. The van der Waals surface area contributed by atoms with E-state index in [0.29, 0.717) is 0 Å². The maximum atomic E-state index is 13.5. The van der Waals surface area contributed by atoms with Gasteiger partial charge in [0.25, 0.3) is 0 Å². The Kier molecular flexibility index (Phi) is 5.29. The maximum absolute atomic E-state index is 13.5. The summed E-state index contributed by atoms with van der Waals surface area (Å²) < 4.78 is 26.6. The predicted molar refractivity (Wildman–Crippen MR) is 75.1 cm³/mol. The Morgan fingerprint density at radius 1 is 1.37 bits per heavy atom. The molecule has 1 rings (SSSR count). The molecule has 0 spiro atoms. The molecule has 0 unspecified atom stereocenters. The SMILES string of the molecule is CCC(C)(C)NC(=O)CNc1c(F)cc(F)cc1Br. The number of anilines is 1. The largest absolute Gasteiger partial charge is 0.373 e. The molecule has 1 aromatic rings. The van der Waals surface area contributed by atoms with E-state index in [1.54, 1.807) is 0 Å². The second-order valence-electron chi connectivity index (χ2n) is 4.88. The molecule has 0 radical (unpaired) electrons. The number of amides is 1. The third-order valence-corrected chi connectivity index (χ3v) is 3.42. The van der Waals surface area contributed by atoms with E-state index in [9.17, 15) is 13.6 Å². The summed E-state index contributed by atoms with van der Waals surface area (Å²) in [6, 6.07) is 1.90. The molecule has 0 aromatic heterocycles. The summed E-state index contributed by atoms with van der Waals surface area (Å²) in [5.41, 5.74) is -0.233. The number of hydrogen-bond acceptors (Lipinski definition) is 2. The van der Waals surface area contributed by atoms with E-state index in [1.807, 2.05) is 20.8 Å². The Hall–Kier alpha value is -1.17. The van der Waals surface area contributed by atoms with Crippen molar-refractivity contribution in [3.63, 3.8) is 0 Å². The molecule has 0 aliphatic carbocycles. The molecule has 106 valence electrons. The Bertz CT molecular complexity index is 455. The standard InChI is InChI=1S/C13H17BrF2N2O/c1-4-13(2,3)18-11(19)7-17-12-9(14)5-8(15)6-10(12)16/h5-6,17H,4,7H2,1-3H3,(H,18,19). The van der Waals surface area contributed by atoms with Crippen molar-refractivity contribution >= 4 is 27.5 Å². The predicted octanol–water partition coefficient (Wildman–Crippen LogP) is 3.44. The average Bonchev–Trinajstić information content (AvgIpc) is 2.26. The van der Waals surface area contributed by atoms with E-state index in [0.717, 1.165) is 18.6 Å². The van der Waals surface area contributed by atoms with Crippen LogP contribution in [0.25, 0.3) is 0 Å². The van der Waals surface area contributed by atoms with E-state index in [1.165, 1.54) is 0 Å². The highest BCUT2D eigenvalue weighted by Crippen LogP contribution is 2.26. The summed E-state index contributed by atoms with van der Waals surface area (Å²) in [5, 5.41) is 5.47. The Morgan fingerprint density at radius 2 is 2.00 bits per heavy atom. The van der Waals surface area contributed by atoms with Crippen LogP contribution in [0.5, 0.6) is 0 Å². The summed E-state index contributed by atoms with van der Waals surface area (Å²) in [4.78, 5) is 11.7. The first kappa shape index (κ1) is 15.9. The van der Waals surface area contributed by atoms with Gasteiger partial charge in [-0.3, -0.25) is 4.79 Å². The fraction of sp³-hybridized carbons (Fsp3) is 0.462. The third kappa shape index (κ3) is 4.78. The zero-order valence-corrected chi connectivity index (χ0v) is 12.7. The molecule has 2 N–H and O–H groups in total. The first-order valence-corrected chi connectivity index (χ1v) is 6.74. The van der Waals surface area contributed by atoms with Crippen molar-refractivity contribution in [2.24, 2.45) is 0 Å². The molecule has 0 fully saturated rings. The number of hydrogen-bond donors (Lipinski definition) is 2. The fourth-order valence-corrected chi connectivity index (χ4v) is 1.94. The topological polar surface area (TPSA) is 41.1 Å². The second kappa shape index (κ2) is 6.32. The molecule has 1 amide bonds. The Balaban J connectivity index is 2.65. The Labute approximate surface area is 119 Å². The lowest BCUT2D eigenvalue weighted by atomic mass is 10.0. The first-order valence-electron chi connectivity index (χ1n) is 5.94. The van der Waals surface area contributed by atoms with Crippen LogP contribution >= 0.6 is 15.9 Å². The van der Waals surface area contributed by atoms with Gasteiger partial charge in [0.05, 0.1) is 12.2 Å². The first-order chi connectivity index (χ1) is 8.75. The van der Waals surface area contributed by atoms with Gasteiger partial charge in [0.1, 0.15) is 11.6 Å². The van der Waals surface area contributed by atoms with Crippen LogP contribution in [0.1, 0.15) is 27.2 Å². The molecule has 0 aliphatic rings. The van der Waals surface area contributed by atoms with Crippen LogP contribution in [0.15, 0.2) is 16.6 Å². The van der Waals surface area contributed by atoms with Crippen LogP contribution in [-0.2, 0) is 4.79 Å². The van der Waals surface area contributed by atoms with Crippen LogP contribution in [-0.4, -0.2) is 18.0 Å². The van der Waals surface area contributed by atoms with E-state index in [4.69, 9.17) is 0 Å². The van der Waals surface area contributed by atoms with Gasteiger partial charge in [0, 0.05) is 16.1 Å². The number of halogens is 3. The van der Waals surface area contributed by atoms with Crippen molar-refractivity contribution in [2.45, 2.75) is 32.7 Å². The van der Waals surface area contributed by atoms with Crippen molar-refractivity contribution < 1.29 is 13.6 Å². The van der Waals surface area contributed by atoms with E-state index >= 15 is 0 Å². The van der Waals surface area contributed by atoms with Crippen LogP contribution < -0.4 is 10.6 Å². The number of nitrogens with one attached hydrogen (secondary N) is 2. The van der Waals surface area contributed by atoms with E-state index in [-0.39, 0.29) is 28.2 Å². The van der Waals surface area contributed by atoms with Crippen molar-refractivity contribution in [3.05, 3.63) is 28.2 Å². The molecule has 0 saturated carbocycles. The van der Waals surface area contributed by atoms with Gasteiger partial charge in [-0.05, 0) is 42.3 Å². The Morgan fingerprint density at radius 3 is 2.53 bits per heavy atom. The quantitative estimate of drug-likeness (QED) is 0.865. The monoisotopic (exact) mass is 334 g/mol. The molecule has 0 saturated heterocycles. The fourth-order valence-electron chi connectivity index (χ4n) is 1.39. The highest BCUT2D eigenvalue weighted by molar-refractivity contribution is 9.10. The molecular weight excluding hydrogens is 318 g/mol. The molecule has 6 heteroatoms. The molecule has 0 atom stereocenters. The molecule has 1 aromatic carbocycles. The molecule has 0 aliphatic heterocycles. The van der Waals surface area contributed by atoms with Gasteiger partial charge in [-0.15, -0.1) is 0 Å². The van der Waals surface area contributed by atoms with Crippen LogP contribution in [0.2, 0.25) is 0 Å². The summed E-state index contributed by atoms with van der Waals surface area (Å²) in [7, 11) is 0. The second-order valence-corrected chi connectivity index (χ2v) is 5.74. The van der Waals surface area contributed by atoms with Crippen LogP contribution in [0.3, 0.4) is 0 Å². The molecule has 3 nitrogen and oxygen atoms in total.